The zero-order valence-electron chi connectivity index (χ0n) is 5.72. The van der Waals surface area contributed by atoms with Gasteiger partial charge in [-0.25, -0.2) is 0 Å². The maximum Gasteiger partial charge on any atom is 0.147 e. The van der Waals surface area contributed by atoms with Crippen LogP contribution in [0.15, 0.2) is 0 Å². The second kappa shape index (κ2) is 1.70. The lowest BCUT2D eigenvalue weighted by Crippen LogP contribution is -2.42. The molecule has 2 aliphatic heterocycles. The smallest absolute Gasteiger partial charge is 0.147 e. The first kappa shape index (κ1) is 5.69. The predicted molar refractivity (Wildman–Crippen MR) is 33.0 cm³/mol. The van der Waals surface area contributed by atoms with Crippen molar-refractivity contribution in [3.8, 4) is 0 Å². The number of rotatable bonds is 0. The quantitative estimate of drug-likeness (QED) is 0.487. The zero-order valence-corrected chi connectivity index (χ0v) is 5.72. The van der Waals surface area contributed by atoms with Gasteiger partial charge < -0.3 is 9.47 Å². The second-order valence-corrected chi connectivity index (χ2v) is 3.36. The molecule has 3 rings (SSSR count). The van der Waals surface area contributed by atoms with Crippen LogP contribution < -0.4 is 0 Å². The highest BCUT2D eigenvalue weighted by Gasteiger charge is 2.43. The van der Waals surface area contributed by atoms with E-state index in [9.17, 15) is 0 Å². The van der Waals surface area contributed by atoms with Gasteiger partial charge in [0, 0.05) is 0 Å². The summed E-state index contributed by atoms with van der Waals surface area (Å²) >= 11 is 0. The van der Waals surface area contributed by atoms with Crippen LogP contribution in [0, 0.1) is 5.92 Å². The fraction of sp³-hybridized carbons (Fsp3) is 1.00. The van der Waals surface area contributed by atoms with Gasteiger partial charge in [-0.15, -0.1) is 0 Å². The van der Waals surface area contributed by atoms with E-state index in [4.69, 9.17) is 9.47 Å². The molecule has 0 aromatic rings. The molecule has 0 radical (unpaired) electrons. The zero-order chi connectivity index (χ0) is 6.32. The Balaban J connectivity index is 2.03. The molecule has 3 aliphatic rings. The standard InChI is InChI=1S/C7H12O2/c1-7-2-6(3-7)4-8-5-9-7/h6H,2-5H2,1H3. The molecular weight excluding hydrogens is 116 g/mol. The van der Waals surface area contributed by atoms with E-state index in [1.54, 1.807) is 0 Å². The van der Waals surface area contributed by atoms with Crippen LogP contribution >= 0.6 is 0 Å². The summed E-state index contributed by atoms with van der Waals surface area (Å²) in [5.41, 5.74) is 0.182. The molecule has 52 valence electrons. The Hall–Kier alpha value is -0.0800. The third-order valence-corrected chi connectivity index (χ3v) is 2.29. The normalized spacial score (nSPS) is 49.7. The Kier molecular flexibility index (Phi) is 1.08. The van der Waals surface area contributed by atoms with Crippen molar-refractivity contribution in [3.63, 3.8) is 0 Å². The Morgan fingerprint density at radius 3 is 3.00 bits per heavy atom. The van der Waals surface area contributed by atoms with E-state index in [1.807, 2.05) is 0 Å². The van der Waals surface area contributed by atoms with Crippen molar-refractivity contribution < 1.29 is 9.47 Å². The first-order chi connectivity index (χ1) is 4.29. The summed E-state index contributed by atoms with van der Waals surface area (Å²) in [5, 5.41) is 0. The molecule has 0 unspecified atom stereocenters. The van der Waals surface area contributed by atoms with E-state index in [0.717, 1.165) is 12.5 Å². The number of ether oxygens (including phenoxy) is 2. The Bertz CT molecular complexity index is 111. The van der Waals surface area contributed by atoms with Crippen molar-refractivity contribution in [1.82, 2.24) is 0 Å². The van der Waals surface area contributed by atoms with Crippen LogP contribution in [0.4, 0.5) is 0 Å². The van der Waals surface area contributed by atoms with Gasteiger partial charge in [0.2, 0.25) is 0 Å². The molecule has 0 N–H and O–H groups in total. The maximum absolute atomic E-state index is 5.43. The van der Waals surface area contributed by atoms with Gasteiger partial charge in [-0.1, -0.05) is 0 Å². The largest absolute Gasteiger partial charge is 0.355 e. The van der Waals surface area contributed by atoms with Crippen LogP contribution in [0.1, 0.15) is 19.8 Å². The Morgan fingerprint density at radius 1 is 1.44 bits per heavy atom. The topological polar surface area (TPSA) is 18.5 Å². The summed E-state index contributed by atoms with van der Waals surface area (Å²) in [5.74, 6) is 0.789. The Labute approximate surface area is 55.1 Å². The van der Waals surface area contributed by atoms with Crippen LogP contribution in [-0.4, -0.2) is 19.0 Å². The molecule has 9 heavy (non-hydrogen) atoms. The monoisotopic (exact) mass is 128 g/mol. The number of hydrogen-bond donors (Lipinski definition) is 0. The molecule has 1 aliphatic carbocycles. The molecule has 3 fully saturated rings. The SMILES string of the molecule is CC12CC(COCO1)C2. The summed E-state index contributed by atoms with van der Waals surface area (Å²) in [4.78, 5) is 0. The molecule has 2 heteroatoms. The van der Waals surface area contributed by atoms with Gasteiger partial charge in [-0.05, 0) is 25.7 Å². The summed E-state index contributed by atoms with van der Waals surface area (Å²) in [6.07, 6.45) is 2.40. The summed E-state index contributed by atoms with van der Waals surface area (Å²) in [7, 11) is 0. The highest BCUT2D eigenvalue weighted by molar-refractivity contribution is 4.92. The van der Waals surface area contributed by atoms with Crippen molar-refractivity contribution in [2.75, 3.05) is 13.4 Å². The molecule has 0 spiro atoms. The lowest BCUT2D eigenvalue weighted by molar-refractivity contribution is -0.126. The van der Waals surface area contributed by atoms with Gasteiger partial charge in [0.1, 0.15) is 6.79 Å². The highest BCUT2D eigenvalue weighted by Crippen LogP contribution is 2.42. The van der Waals surface area contributed by atoms with E-state index in [1.165, 1.54) is 12.8 Å². The van der Waals surface area contributed by atoms with Gasteiger partial charge in [0.15, 0.2) is 0 Å². The molecule has 2 bridgehead atoms. The minimum Gasteiger partial charge on any atom is -0.355 e. The summed E-state index contributed by atoms with van der Waals surface area (Å²) < 4.78 is 10.6. The maximum atomic E-state index is 5.43. The first-order valence-corrected chi connectivity index (χ1v) is 3.50. The third kappa shape index (κ3) is 0.864. The van der Waals surface area contributed by atoms with Crippen LogP contribution in [0.5, 0.6) is 0 Å². The molecular formula is C7H12O2. The third-order valence-electron chi connectivity index (χ3n) is 2.29. The fourth-order valence-corrected chi connectivity index (χ4v) is 1.80. The molecule has 2 nitrogen and oxygen atoms in total. The van der Waals surface area contributed by atoms with E-state index in [0.29, 0.717) is 6.79 Å². The van der Waals surface area contributed by atoms with Crippen LogP contribution in [0.3, 0.4) is 0 Å². The summed E-state index contributed by atoms with van der Waals surface area (Å²) in [6.45, 7) is 3.58. The minimum atomic E-state index is 0.182. The van der Waals surface area contributed by atoms with Gasteiger partial charge in [0.05, 0.1) is 12.2 Å². The van der Waals surface area contributed by atoms with Crippen LogP contribution in [-0.2, 0) is 9.47 Å². The highest BCUT2D eigenvalue weighted by atomic mass is 16.7. The van der Waals surface area contributed by atoms with E-state index >= 15 is 0 Å². The fourth-order valence-electron chi connectivity index (χ4n) is 1.80. The van der Waals surface area contributed by atoms with Crippen LogP contribution in [0.25, 0.3) is 0 Å². The average molecular weight is 128 g/mol. The van der Waals surface area contributed by atoms with Gasteiger partial charge in [-0.3, -0.25) is 0 Å². The lowest BCUT2D eigenvalue weighted by Gasteiger charge is -2.40. The van der Waals surface area contributed by atoms with Gasteiger partial charge in [0.25, 0.3) is 0 Å². The first-order valence-electron chi connectivity index (χ1n) is 3.50. The van der Waals surface area contributed by atoms with Crippen molar-refractivity contribution in [2.45, 2.75) is 25.4 Å². The van der Waals surface area contributed by atoms with Crippen molar-refractivity contribution in [2.24, 2.45) is 5.92 Å². The molecule has 2 heterocycles. The van der Waals surface area contributed by atoms with Gasteiger partial charge in [-0.2, -0.15) is 0 Å². The molecule has 0 atom stereocenters. The molecule has 0 amide bonds. The van der Waals surface area contributed by atoms with Crippen molar-refractivity contribution in [3.05, 3.63) is 0 Å². The lowest BCUT2D eigenvalue weighted by atomic mass is 9.73. The minimum absolute atomic E-state index is 0.182. The van der Waals surface area contributed by atoms with Crippen molar-refractivity contribution >= 4 is 0 Å². The number of fused-ring (bicyclic) bond motifs is 3. The second-order valence-electron chi connectivity index (χ2n) is 3.36. The molecule has 1 saturated carbocycles. The molecule has 0 aromatic heterocycles. The number of hydrogen-bond acceptors (Lipinski definition) is 2. The van der Waals surface area contributed by atoms with Gasteiger partial charge >= 0.3 is 0 Å². The van der Waals surface area contributed by atoms with E-state index in [-0.39, 0.29) is 5.60 Å². The summed E-state index contributed by atoms with van der Waals surface area (Å²) in [6, 6.07) is 0. The molecule has 0 aromatic carbocycles. The predicted octanol–water partition coefficient (Wildman–Crippen LogP) is 1.16. The average Bonchev–Trinajstić information content (AvgIpc) is 1.95. The van der Waals surface area contributed by atoms with Crippen LogP contribution in [0.2, 0.25) is 0 Å². The Morgan fingerprint density at radius 2 is 2.22 bits per heavy atom. The van der Waals surface area contributed by atoms with E-state index < -0.39 is 0 Å². The van der Waals surface area contributed by atoms with Crippen molar-refractivity contribution in [1.29, 1.82) is 0 Å². The van der Waals surface area contributed by atoms with E-state index in [2.05, 4.69) is 6.92 Å². The molecule has 2 saturated heterocycles.